The van der Waals surface area contributed by atoms with Gasteiger partial charge in [0.15, 0.2) is 0 Å². The second-order valence-electron chi connectivity index (χ2n) is 5.72. The zero-order chi connectivity index (χ0) is 12.1. The minimum Gasteiger partial charge on any atom is -0.304 e. The molecule has 17 heavy (non-hydrogen) atoms. The first-order chi connectivity index (χ1) is 8.25. The van der Waals surface area contributed by atoms with Crippen LogP contribution in [0, 0.1) is 5.92 Å². The fourth-order valence-electron chi connectivity index (χ4n) is 3.03. The zero-order valence-corrected chi connectivity index (χ0v) is 11.2. The van der Waals surface area contributed by atoms with E-state index in [9.17, 15) is 4.79 Å². The lowest BCUT2D eigenvalue weighted by atomic mass is 9.88. The summed E-state index contributed by atoms with van der Waals surface area (Å²) in [6, 6.07) is 0. The Morgan fingerprint density at radius 1 is 1.24 bits per heavy atom. The van der Waals surface area contributed by atoms with E-state index < -0.39 is 0 Å². The summed E-state index contributed by atoms with van der Waals surface area (Å²) in [7, 11) is 2.16. The first kappa shape index (κ1) is 13.0. The summed E-state index contributed by atoms with van der Waals surface area (Å²) in [4.78, 5) is 16.6. The third kappa shape index (κ3) is 4.07. The van der Waals surface area contributed by atoms with Gasteiger partial charge in [0.25, 0.3) is 0 Å². The number of likely N-dealkylation sites (tertiary alicyclic amines) is 1. The molecule has 0 amide bonds. The highest BCUT2D eigenvalue weighted by atomic mass is 16.1. The summed E-state index contributed by atoms with van der Waals surface area (Å²) in [6.45, 7) is 5.82. The Bertz CT molecular complexity index is 249. The van der Waals surface area contributed by atoms with Crippen molar-refractivity contribution in [2.45, 2.75) is 38.5 Å². The van der Waals surface area contributed by atoms with Crippen LogP contribution in [0.1, 0.15) is 38.5 Å². The fraction of sp³-hybridized carbons (Fsp3) is 0.929. The summed E-state index contributed by atoms with van der Waals surface area (Å²) in [5, 5.41) is 0. The van der Waals surface area contributed by atoms with Gasteiger partial charge in [0, 0.05) is 32.0 Å². The number of rotatable bonds is 5. The number of ketones is 1. The SMILES string of the molecule is CN(CCN1CCCC1)CC1CCCCC1=O. The quantitative estimate of drug-likeness (QED) is 0.729. The molecule has 1 atom stereocenters. The molecular weight excluding hydrogens is 212 g/mol. The average molecular weight is 238 g/mol. The van der Waals surface area contributed by atoms with Crippen LogP contribution in [0.15, 0.2) is 0 Å². The predicted molar refractivity (Wildman–Crippen MR) is 70.1 cm³/mol. The molecule has 1 unspecified atom stereocenters. The van der Waals surface area contributed by atoms with Crippen molar-refractivity contribution in [1.29, 1.82) is 0 Å². The molecule has 0 N–H and O–H groups in total. The fourth-order valence-corrected chi connectivity index (χ4v) is 3.03. The van der Waals surface area contributed by atoms with Gasteiger partial charge in [0.2, 0.25) is 0 Å². The van der Waals surface area contributed by atoms with Gasteiger partial charge in [-0.2, -0.15) is 0 Å². The molecule has 1 heterocycles. The third-order valence-corrected chi connectivity index (χ3v) is 4.21. The molecule has 3 nitrogen and oxygen atoms in total. The van der Waals surface area contributed by atoms with Crippen LogP contribution in [-0.4, -0.2) is 55.4 Å². The van der Waals surface area contributed by atoms with E-state index >= 15 is 0 Å². The van der Waals surface area contributed by atoms with Crippen molar-refractivity contribution in [2.75, 3.05) is 39.8 Å². The molecule has 0 aromatic heterocycles. The normalized spacial score (nSPS) is 26.9. The van der Waals surface area contributed by atoms with Crippen molar-refractivity contribution in [3.63, 3.8) is 0 Å². The number of Topliss-reactive ketones (excluding diaryl/α,β-unsaturated/α-hetero) is 1. The lowest BCUT2D eigenvalue weighted by Gasteiger charge is -2.27. The van der Waals surface area contributed by atoms with E-state index in [1.165, 1.54) is 38.9 Å². The molecule has 1 aliphatic carbocycles. The van der Waals surface area contributed by atoms with Crippen LogP contribution >= 0.6 is 0 Å². The van der Waals surface area contributed by atoms with Crippen molar-refractivity contribution >= 4 is 5.78 Å². The van der Waals surface area contributed by atoms with Crippen molar-refractivity contribution in [3.8, 4) is 0 Å². The van der Waals surface area contributed by atoms with E-state index in [0.29, 0.717) is 11.7 Å². The summed E-state index contributed by atoms with van der Waals surface area (Å²) in [6.07, 6.45) is 7.04. The van der Waals surface area contributed by atoms with E-state index in [1.807, 2.05) is 0 Å². The highest BCUT2D eigenvalue weighted by molar-refractivity contribution is 5.81. The van der Waals surface area contributed by atoms with Crippen LogP contribution in [0.4, 0.5) is 0 Å². The summed E-state index contributed by atoms with van der Waals surface area (Å²) < 4.78 is 0. The van der Waals surface area contributed by atoms with Gasteiger partial charge in [0.1, 0.15) is 5.78 Å². The number of likely N-dealkylation sites (N-methyl/N-ethyl adjacent to an activating group) is 1. The van der Waals surface area contributed by atoms with Gasteiger partial charge in [-0.05, 0) is 45.8 Å². The van der Waals surface area contributed by atoms with E-state index in [0.717, 1.165) is 32.4 Å². The van der Waals surface area contributed by atoms with Gasteiger partial charge < -0.3 is 9.80 Å². The topological polar surface area (TPSA) is 23.6 Å². The Kier molecular flexibility index (Phi) is 4.99. The molecule has 2 aliphatic rings. The van der Waals surface area contributed by atoms with Crippen molar-refractivity contribution in [1.82, 2.24) is 9.80 Å². The molecular formula is C14H26N2O. The Morgan fingerprint density at radius 2 is 2.00 bits per heavy atom. The van der Waals surface area contributed by atoms with E-state index in [-0.39, 0.29) is 0 Å². The van der Waals surface area contributed by atoms with Crippen molar-refractivity contribution in [2.24, 2.45) is 5.92 Å². The van der Waals surface area contributed by atoms with Crippen LogP contribution < -0.4 is 0 Å². The van der Waals surface area contributed by atoms with Gasteiger partial charge in [-0.3, -0.25) is 4.79 Å². The van der Waals surface area contributed by atoms with E-state index in [4.69, 9.17) is 0 Å². The Balaban J connectivity index is 1.65. The molecule has 2 rings (SSSR count). The molecule has 3 heteroatoms. The average Bonchev–Trinajstić information content (AvgIpc) is 2.82. The van der Waals surface area contributed by atoms with Crippen molar-refractivity contribution in [3.05, 3.63) is 0 Å². The molecule has 0 radical (unpaired) electrons. The highest BCUT2D eigenvalue weighted by Crippen LogP contribution is 2.21. The molecule has 2 fully saturated rings. The van der Waals surface area contributed by atoms with E-state index in [2.05, 4.69) is 16.8 Å². The number of hydrogen-bond acceptors (Lipinski definition) is 3. The number of carbonyl (C=O) groups excluding carboxylic acids is 1. The number of hydrogen-bond donors (Lipinski definition) is 0. The first-order valence-corrected chi connectivity index (χ1v) is 7.19. The van der Waals surface area contributed by atoms with Crippen LogP contribution in [0.5, 0.6) is 0 Å². The molecule has 0 aromatic carbocycles. The standard InChI is InChI=1S/C14H26N2O/c1-15(10-11-16-8-4-5-9-16)12-13-6-2-3-7-14(13)17/h13H,2-12H2,1H3. The third-order valence-electron chi connectivity index (χ3n) is 4.21. The number of nitrogens with zero attached hydrogens (tertiary/aromatic N) is 2. The molecule has 1 saturated heterocycles. The first-order valence-electron chi connectivity index (χ1n) is 7.19. The second kappa shape index (κ2) is 6.50. The smallest absolute Gasteiger partial charge is 0.137 e. The van der Waals surface area contributed by atoms with Gasteiger partial charge in [0.05, 0.1) is 0 Å². The summed E-state index contributed by atoms with van der Waals surface area (Å²) in [5.74, 6) is 0.830. The maximum absolute atomic E-state index is 11.8. The molecule has 0 bridgehead atoms. The summed E-state index contributed by atoms with van der Waals surface area (Å²) >= 11 is 0. The Hall–Kier alpha value is -0.410. The maximum Gasteiger partial charge on any atom is 0.137 e. The van der Waals surface area contributed by atoms with Gasteiger partial charge >= 0.3 is 0 Å². The number of carbonyl (C=O) groups is 1. The summed E-state index contributed by atoms with van der Waals surface area (Å²) in [5.41, 5.74) is 0. The lowest BCUT2D eigenvalue weighted by Crippen LogP contribution is -2.37. The molecule has 1 aliphatic heterocycles. The minimum absolute atomic E-state index is 0.326. The zero-order valence-electron chi connectivity index (χ0n) is 11.2. The van der Waals surface area contributed by atoms with Gasteiger partial charge in [-0.1, -0.05) is 6.42 Å². The molecule has 0 aromatic rings. The van der Waals surface area contributed by atoms with Gasteiger partial charge in [-0.15, -0.1) is 0 Å². The minimum atomic E-state index is 0.326. The van der Waals surface area contributed by atoms with Crippen LogP contribution in [0.25, 0.3) is 0 Å². The largest absolute Gasteiger partial charge is 0.304 e. The van der Waals surface area contributed by atoms with Crippen LogP contribution in [0.3, 0.4) is 0 Å². The Labute approximate surface area is 105 Å². The molecule has 1 saturated carbocycles. The van der Waals surface area contributed by atoms with Crippen molar-refractivity contribution < 1.29 is 4.79 Å². The monoisotopic (exact) mass is 238 g/mol. The van der Waals surface area contributed by atoms with Gasteiger partial charge in [-0.25, -0.2) is 0 Å². The molecule has 98 valence electrons. The highest BCUT2D eigenvalue weighted by Gasteiger charge is 2.23. The van der Waals surface area contributed by atoms with E-state index in [1.54, 1.807) is 0 Å². The lowest BCUT2D eigenvalue weighted by molar-refractivity contribution is -0.125. The molecule has 0 spiro atoms. The predicted octanol–water partition coefficient (Wildman–Crippen LogP) is 1.77. The maximum atomic E-state index is 11.8. The van der Waals surface area contributed by atoms with Crippen LogP contribution in [-0.2, 0) is 4.79 Å². The second-order valence-corrected chi connectivity index (χ2v) is 5.72. The van der Waals surface area contributed by atoms with Crippen LogP contribution in [0.2, 0.25) is 0 Å². The Morgan fingerprint density at radius 3 is 2.71 bits per heavy atom.